The minimum atomic E-state index is -0.147. The highest BCUT2D eigenvalue weighted by Crippen LogP contribution is 2.52. The number of benzene rings is 10. The predicted octanol–water partition coefficient (Wildman–Crippen LogP) is 17.2. The fraction of sp³-hybridized carbons (Fsp3) is 0.0492. The molecule has 0 bridgehead atoms. The Hall–Kier alpha value is -7.94. The SMILES string of the molecule is CC1(C)c2ccccc2-c2ccc(N(c3ccc(-c4ccccc4)cc3)c3cccc4c3oc3c(-c5ccc(-c6ccc(-c7ccccc7)cc6)cc5)c5ccccc5cc34)cc21. The summed E-state index contributed by atoms with van der Waals surface area (Å²) in [5.41, 5.74) is 19.5. The molecule has 1 aliphatic rings. The van der Waals surface area contributed by atoms with Gasteiger partial charge in [-0.25, -0.2) is 0 Å². The van der Waals surface area contributed by atoms with Crippen LogP contribution in [0.1, 0.15) is 25.0 Å². The quantitative estimate of drug-likeness (QED) is 0.160. The number of furan rings is 1. The molecule has 12 rings (SSSR count). The molecule has 0 radical (unpaired) electrons. The average Bonchev–Trinajstić information content (AvgIpc) is 3.83. The molecule has 0 aliphatic heterocycles. The van der Waals surface area contributed by atoms with Crippen LogP contribution in [0.2, 0.25) is 0 Å². The largest absolute Gasteiger partial charge is 0.453 e. The van der Waals surface area contributed by atoms with Gasteiger partial charge < -0.3 is 9.32 Å². The Morgan fingerprint density at radius 2 is 0.857 bits per heavy atom. The van der Waals surface area contributed by atoms with Crippen molar-refractivity contribution < 1.29 is 4.42 Å². The highest BCUT2D eigenvalue weighted by Gasteiger charge is 2.36. The van der Waals surface area contributed by atoms with Crippen LogP contribution >= 0.6 is 0 Å². The molecular weight excluding hydrogens is 763 g/mol. The molecule has 0 saturated carbocycles. The van der Waals surface area contributed by atoms with Crippen molar-refractivity contribution in [2.45, 2.75) is 19.3 Å². The zero-order valence-electron chi connectivity index (χ0n) is 35.2. The summed E-state index contributed by atoms with van der Waals surface area (Å²) in [5, 5.41) is 4.54. The topological polar surface area (TPSA) is 16.4 Å². The number of anilines is 3. The summed E-state index contributed by atoms with van der Waals surface area (Å²) in [7, 11) is 0. The van der Waals surface area contributed by atoms with Gasteiger partial charge in [0.25, 0.3) is 0 Å². The van der Waals surface area contributed by atoms with E-state index in [1.54, 1.807) is 0 Å². The zero-order chi connectivity index (χ0) is 42.1. The molecule has 11 aromatic rings. The van der Waals surface area contributed by atoms with Crippen molar-refractivity contribution in [1.82, 2.24) is 0 Å². The summed E-state index contributed by atoms with van der Waals surface area (Å²) in [4.78, 5) is 2.39. The number of para-hydroxylation sites is 1. The maximum absolute atomic E-state index is 7.31. The monoisotopic (exact) mass is 805 g/mol. The molecule has 0 N–H and O–H groups in total. The minimum Gasteiger partial charge on any atom is -0.453 e. The summed E-state index contributed by atoms with van der Waals surface area (Å²) in [5.74, 6) is 0. The molecule has 0 fully saturated rings. The number of hydrogen-bond donors (Lipinski definition) is 0. The molecule has 10 aromatic carbocycles. The molecule has 298 valence electrons. The van der Waals surface area contributed by atoms with Crippen LogP contribution < -0.4 is 4.90 Å². The molecule has 1 heterocycles. The zero-order valence-corrected chi connectivity index (χ0v) is 35.2. The van der Waals surface area contributed by atoms with Gasteiger partial charge in [0.05, 0.1) is 5.69 Å². The van der Waals surface area contributed by atoms with Crippen LogP contribution in [0, 0.1) is 0 Å². The second kappa shape index (κ2) is 14.6. The van der Waals surface area contributed by atoms with Crippen molar-refractivity contribution in [3.05, 3.63) is 236 Å². The van der Waals surface area contributed by atoms with Crippen LogP contribution in [-0.4, -0.2) is 0 Å². The van der Waals surface area contributed by atoms with E-state index in [0.717, 1.165) is 50.1 Å². The molecule has 2 heteroatoms. The first-order chi connectivity index (χ1) is 31.0. The summed E-state index contributed by atoms with van der Waals surface area (Å²) < 4.78 is 7.31. The standard InChI is InChI=1S/C61H43NO/c1-61(2)55-22-12-11-20-51(55)52-37-36-49(39-56(52)61)62(48-34-32-45(33-35-48)41-16-7-4-8-17-41)57-23-13-21-53-54-38-47-18-9-10-19-50(47)58(60(54)63-59(53)57)46-30-28-44(29-31-46)43-26-24-42(25-27-43)40-14-5-3-6-15-40/h3-39H,1-2H3. The van der Waals surface area contributed by atoms with Crippen LogP contribution in [0.25, 0.3) is 88.3 Å². The van der Waals surface area contributed by atoms with Gasteiger partial charge in [-0.15, -0.1) is 0 Å². The minimum absolute atomic E-state index is 0.147. The third-order valence-corrected chi connectivity index (χ3v) is 13.3. The molecule has 0 spiro atoms. The van der Waals surface area contributed by atoms with Crippen molar-refractivity contribution in [3.8, 4) is 55.6 Å². The van der Waals surface area contributed by atoms with E-state index in [9.17, 15) is 0 Å². The average molecular weight is 806 g/mol. The van der Waals surface area contributed by atoms with Gasteiger partial charge in [0, 0.05) is 33.1 Å². The Labute approximate surface area is 368 Å². The maximum Gasteiger partial charge on any atom is 0.159 e. The van der Waals surface area contributed by atoms with Crippen molar-refractivity contribution in [1.29, 1.82) is 0 Å². The van der Waals surface area contributed by atoms with Gasteiger partial charge in [0.2, 0.25) is 0 Å². The molecular formula is C61H43NO. The molecule has 1 aromatic heterocycles. The lowest BCUT2D eigenvalue weighted by Gasteiger charge is -2.28. The van der Waals surface area contributed by atoms with Crippen LogP contribution in [0.4, 0.5) is 17.1 Å². The molecule has 1 aliphatic carbocycles. The summed E-state index contributed by atoms with van der Waals surface area (Å²) in [6, 6.07) is 81.4. The molecule has 0 saturated heterocycles. The van der Waals surface area contributed by atoms with E-state index in [4.69, 9.17) is 4.42 Å². The normalized spacial score (nSPS) is 12.7. The molecule has 2 nitrogen and oxygen atoms in total. The maximum atomic E-state index is 7.31. The van der Waals surface area contributed by atoms with Crippen LogP contribution in [0.15, 0.2) is 229 Å². The lowest BCUT2D eigenvalue weighted by atomic mass is 9.82. The van der Waals surface area contributed by atoms with Gasteiger partial charge in [-0.1, -0.05) is 202 Å². The molecule has 0 atom stereocenters. The highest BCUT2D eigenvalue weighted by atomic mass is 16.3. The number of rotatable bonds is 7. The van der Waals surface area contributed by atoms with Crippen molar-refractivity contribution in [3.63, 3.8) is 0 Å². The number of nitrogens with zero attached hydrogens (tertiary/aromatic N) is 1. The fourth-order valence-corrected chi connectivity index (χ4v) is 10.1. The van der Waals surface area contributed by atoms with Gasteiger partial charge in [-0.3, -0.25) is 0 Å². The fourth-order valence-electron chi connectivity index (χ4n) is 10.1. The third-order valence-electron chi connectivity index (χ3n) is 13.3. The van der Waals surface area contributed by atoms with Gasteiger partial charge in [-0.2, -0.15) is 0 Å². The number of hydrogen-bond acceptors (Lipinski definition) is 2. The first-order valence-electron chi connectivity index (χ1n) is 21.8. The summed E-state index contributed by atoms with van der Waals surface area (Å²) in [6.07, 6.45) is 0. The second-order valence-electron chi connectivity index (χ2n) is 17.3. The van der Waals surface area contributed by atoms with Crippen LogP contribution in [0.3, 0.4) is 0 Å². The Kier molecular flexibility index (Phi) is 8.55. The lowest BCUT2D eigenvalue weighted by molar-refractivity contribution is 0.660. The van der Waals surface area contributed by atoms with E-state index in [0.29, 0.717) is 0 Å². The Bertz CT molecular complexity index is 3490. The van der Waals surface area contributed by atoms with Gasteiger partial charge >= 0.3 is 0 Å². The summed E-state index contributed by atoms with van der Waals surface area (Å²) in [6.45, 7) is 4.70. The van der Waals surface area contributed by atoms with Crippen molar-refractivity contribution in [2.75, 3.05) is 4.90 Å². The predicted molar refractivity (Wildman–Crippen MR) is 265 cm³/mol. The Morgan fingerprint density at radius 3 is 1.52 bits per heavy atom. The first kappa shape index (κ1) is 36.9. The van der Waals surface area contributed by atoms with E-state index in [1.807, 2.05) is 0 Å². The van der Waals surface area contributed by atoms with Crippen LogP contribution in [-0.2, 0) is 5.41 Å². The van der Waals surface area contributed by atoms with Crippen molar-refractivity contribution >= 4 is 49.8 Å². The number of fused-ring (bicyclic) bond motifs is 7. The van der Waals surface area contributed by atoms with E-state index < -0.39 is 0 Å². The van der Waals surface area contributed by atoms with E-state index >= 15 is 0 Å². The third kappa shape index (κ3) is 6.09. The van der Waals surface area contributed by atoms with Crippen LogP contribution in [0.5, 0.6) is 0 Å². The first-order valence-corrected chi connectivity index (χ1v) is 21.8. The van der Waals surface area contributed by atoms with E-state index in [2.05, 4.69) is 243 Å². The lowest BCUT2D eigenvalue weighted by Crippen LogP contribution is -2.16. The highest BCUT2D eigenvalue weighted by molar-refractivity contribution is 6.20. The molecule has 63 heavy (non-hydrogen) atoms. The molecule has 0 amide bonds. The molecule has 0 unspecified atom stereocenters. The van der Waals surface area contributed by atoms with Gasteiger partial charge in [-0.05, 0) is 108 Å². The van der Waals surface area contributed by atoms with E-state index in [1.165, 1.54) is 66.4 Å². The van der Waals surface area contributed by atoms with E-state index in [-0.39, 0.29) is 5.41 Å². The Morgan fingerprint density at radius 1 is 0.349 bits per heavy atom. The smallest absolute Gasteiger partial charge is 0.159 e. The Balaban J connectivity index is 1.02. The van der Waals surface area contributed by atoms with Gasteiger partial charge in [0.15, 0.2) is 5.58 Å². The van der Waals surface area contributed by atoms with Gasteiger partial charge in [0.1, 0.15) is 5.58 Å². The second-order valence-corrected chi connectivity index (χ2v) is 17.3. The van der Waals surface area contributed by atoms with Crippen molar-refractivity contribution in [2.24, 2.45) is 0 Å². The summed E-state index contributed by atoms with van der Waals surface area (Å²) >= 11 is 0.